The van der Waals surface area contributed by atoms with Gasteiger partial charge in [-0.2, -0.15) is 5.10 Å². The van der Waals surface area contributed by atoms with Crippen molar-refractivity contribution in [3.63, 3.8) is 0 Å². The summed E-state index contributed by atoms with van der Waals surface area (Å²) in [6.45, 7) is 1.77. The van der Waals surface area contributed by atoms with Crippen molar-refractivity contribution in [3.05, 3.63) is 63.7 Å². The van der Waals surface area contributed by atoms with Crippen molar-refractivity contribution in [2.45, 2.75) is 6.92 Å². The first-order valence-electron chi connectivity index (χ1n) is 7.06. The SMILES string of the molecule is Cc1ccccc1NC(=O)C(=O)N/N=C/c1cc([N+](=O)[O-])ccc1O. The van der Waals surface area contributed by atoms with Gasteiger partial charge in [-0.05, 0) is 24.6 Å². The maximum absolute atomic E-state index is 11.8. The van der Waals surface area contributed by atoms with E-state index >= 15 is 0 Å². The first-order valence-corrected chi connectivity index (χ1v) is 7.06. The number of aryl methyl sites for hydroxylation is 1. The Morgan fingerprint density at radius 2 is 1.92 bits per heavy atom. The van der Waals surface area contributed by atoms with Crippen molar-refractivity contribution in [2.75, 3.05) is 5.32 Å². The summed E-state index contributed by atoms with van der Waals surface area (Å²) >= 11 is 0. The number of hydrogen-bond acceptors (Lipinski definition) is 6. The number of nitro benzene ring substituents is 1. The van der Waals surface area contributed by atoms with Gasteiger partial charge in [0.2, 0.25) is 0 Å². The molecule has 25 heavy (non-hydrogen) atoms. The number of rotatable bonds is 4. The Kier molecular flexibility index (Phi) is 5.41. The van der Waals surface area contributed by atoms with Gasteiger partial charge >= 0.3 is 11.8 Å². The fourth-order valence-corrected chi connectivity index (χ4v) is 1.86. The van der Waals surface area contributed by atoms with Gasteiger partial charge in [0.05, 0.1) is 11.1 Å². The van der Waals surface area contributed by atoms with E-state index in [2.05, 4.69) is 10.4 Å². The van der Waals surface area contributed by atoms with Gasteiger partial charge in [-0.15, -0.1) is 0 Å². The molecule has 0 bridgehead atoms. The number of aromatic hydroxyl groups is 1. The smallest absolute Gasteiger partial charge is 0.329 e. The summed E-state index contributed by atoms with van der Waals surface area (Å²) in [5.41, 5.74) is 3.03. The lowest BCUT2D eigenvalue weighted by Gasteiger charge is -2.06. The lowest BCUT2D eigenvalue weighted by molar-refractivity contribution is -0.384. The van der Waals surface area contributed by atoms with E-state index in [0.717, 1.165) is 30.0 Å². The van der Waals surface area contributed by atoms with Crippen LogP contribution in [0.15, 0.2) is 47.6 Å². The van der Waals surface area contributed by atoms with Crippen LogP contribution >= 0.6 is 0 Å². The number of hydrogen-bond donors (Lipinski definition) is 3. The predicted octanol–water partition coefficient (Wildman–Crippen LogP) is 1.70. The molecule has 0 aliphatic rings. The second kappa shape index (κ2) is 7.68. The van der Waals surface area contributed by atoms with E-state index in [1.165, 1.54) is 0 Å². The molecule has 0 unspecified atom stereocenters. The summed E-state index contributed by atoms with van der Waals surface area (Å²) in [6.07, 6.45) is 1.00. The molecule has 2 aromatic carbocycles. The number of nitro groups is 1. The van der Waals surface area contributed by atoms with Gasteiger partial charge in [-0.1, -0.05) is 18.2 Å². The number of nitrogens with zero attached hydrogens (tertiary/aromatic N) is 2. The number of non-ortho nitro benzene ring substituents is 1. The average Bonchev–Trinajstić information content (AvgIpc) is 2.58. The van der Waals surface area contributed by atoms with E-state index in [1.54, 1.807) is 31.2 Å². The molecule has 2 amide bonds. The van der Waals surface area contributed by atoms with Gasteiger partial charge in [0.15, 0.2) is 0 Å². The zero-order chi connectivity index (χ0) is 18.4. The van der Waals surface area contributed by atoms with E-state index in [0.29, 0.717) is 5.69 Å². The fraction of sp³-hybridized carbons (Fsp3) is 0.0625. The predicted molar refractivity (Wildman–Crippen MR) is 90.3 cm³/mol. The van der Waals surface area contributed by atoms with Crippen molar-refractivity contribution in [1.29, 1.82) is 0 Å². The highest BCUT2D eigenvalue weighted by Crippen LogP contribution is 2.21. The normalized spacial score (nSPS) is 10.4. The molecule has 9 heteroatoms. The van der Waals surface area contributed by atoms with Gasteiger partial charge in [0.1, 0.15) is 5.75 Å². The minimum Gasteiger partial charge on any atom is -0.507 e. The summed E-state index contributed by atoms with van der Waals surface area (Å²) in [5.74, 6) is -2.20. The van der Waals surface area contributed by atoms with Crippen LogP contribution in [0, 0.1) is 17.0 Å². The van der Waals surface area contributed by atoms with Crippen LogP contribution in [0.4, 0.5) is 11.4 Å². The fourth-order valence-electron chi connectivity index (χ4n) is 1.86. The molecule has 2 aromatic rings. The third-order valence-corrected chi connectivity index (χ3v) is 3.19. The van der Waals surface area contributed by atoms with Crippen molar-refractivity contribution in [3.8, 4) is 5.75 Å². The van der Waals surface area contributed by atoms with Gasteiger partial charge in [0.25, 0.3) is 5.69 Å². The highest BCUT2D eigenvalue weighted by atomic mass is 16.6. The van der Waals surface area contributed by atoms with Crippen LogP contribution in [0.5, 0.6) is 5.75 Å². The average molecular weight is 342 g/mol. The third kappa shape index (κ3) is 4.61. The number of hydrazone groups is 1. The Balaban J connectivity index is 2.01. The van der Waals surface area contributed by atoms with Crippen molar-refractivity contribution < 1.29 is 19.6 Å². The summed E-state index contributed by atoms with van der Waals surface area (Å²) in [5, 5.41) is 26.3. The number of benzene rings is 2. The maximum Gasteiger partial charge on any atom is 0.329 e. The standard InChI is InChI=1S/C16H14N4O5/c1-10-4-2-3-5-13(10)18-15(22)16(23)19-17-9-11-8-12(20(24)25)6-7-14(11)21/h2-9,21H,1H3,(H,18,22)(H,19,23)/b17-9+. The summed E-state index contributed by atoms with van der Waals surface area (Å²) in [7, 11) is 0. The highest BCUT2D eigenvalue weighted by Gasteiger charge is 2.14. The zero-order valence-electron chi connectivity index (χ0n) is 13.1. The Bertz CT molecular complexity index is 863. The van der Waals surface area contributed by atoms with Crippen LogP contribution in [-0.4, -0.2) is 28.1 Å². The van der Waals surface area contributed by atoms with Crippen molar-refractivity contribution >= 4 is 29.4 Å². The summed E-state index contributed by atoms with van der Waals surface area (Å²) < 4.78 is 0. The largest absolute Gasteiger partial charge is 0.507 e. The molecule has 9 nitrogen and oxygen atoms in total. The maximum atomic E-state index is 11.8. The molecular formula is C16H14N4O5. The van der Waals surface area contributed by atoms with E-state index in [9.17, 15) is 24.8 Å². The number of carbonyl (C=O) groups is 2. The Labute approximate surface area is 142 Å². The zero-order valence-corrected chi connectivity index (χ0v) is 13.1. The first kappa shape index (κ1) is 17.6. The third-order valence-electron chi connectivity index (χ3n) is 3.19. The molecule has 0 atom stereocenters. The Morgan fingerprint density at radius 1 is 1.20 bits per heavy atom. The molecule has 0 fully saturated rings. The lowest BCUT2D eigenvalue weighted by atomic mass is 10.2. The number of phenols is 1. The van der Waals surface area contributed by atoms with E-state index in [-0.39, 0.29) is 17.0 Å². The van der Waals surface area contributed by atoms with Crippen LogP contribution in [0.25, 0.3) is 0 Å². The molecule has 0 aliphatic carbocycles. The van der Waals surface area contributed by atoms with Crippen LogP contribution < -0.4 is 10.7 Å². The number of amides is 2. The molecule has 128 valence electrons. The Hall–Kier alpha value is -3.75. The molecule has 2 rings (SSSR count). The van der Waals surface area contributed by atoms with E-state index < -0.39 is 16.7 Å². The van der Waals surface area contributed by atoms with Crippen LogP contribution in [-0.2, 0) is 9.59 Å². The second-order valence-corrected chi connectivity index (χ2v) is 4.97. The van der Waals surface area contributed by atoms with E-state index in [4.69, 9.17) is 0 Å². The first-order chi connectivity index (χ1) is 11.9. The summed E-state index contributed by atoms with van der Waals surface area (Å²) in [6, 6.07) is 10.3. The number of nitrogens with one attached hydrogen (secondary N) is 2. The Morgan fingerprint density at radius 3 is 2.60 bits per heavy atom. The number of anilines is 1. The van der Waals surface area contributed by atoms with Gasteiger partial charge < -0.3 is 10.4 Å². The molecule has 0 spiro atoms. The minimum absolute atomic E-state index is 0.0220. The molecule has 0 aliphatic heterocycles. The molecule has 0 saturated carbocycles. The van der Waals surface area contributed by atoms with Crippen LogP contribution in [0.1, 0.15) is 11.1 Å². The second-order valence-electron chi connectivity index (χ2n) is 4.97. The molecule has 3 N–H and O–H groups in total. The van der Waals surface area contributed by atoms with Crippen molar-refractivity contribution in [2.24, 2.45) is 5.10 Å². The number of carbonyl (C=O) groups excluding carboxylic acids is 2. The van der Waals surface area contributed by atoms with Crippen LogP contribution in [0.2, 0.25) is 0 Å². The molecular weight excluding hydrogens is 328 g/mol. The lowest BCUT2D eigenvalue weighted by Crippen LogP contribution is -2.32. The topological polar surface area (TPSA) is 134 Å². The van der Waals surface area contributed by atoms with Crippen LogP contribution in [0.3, 0.4) is 0 Å². The van der Waals surface area contributed by atoms with Gasteiger partial charge in [0, 0.05) is 23.4 Å². The monoisotopic (exact) mass is 342 g/mol. The van der Waals surface area contributed by atoms with E-state index in [1.807, 2.05) is 5.43 Å². The highest BCUT2D eigenvalue weighted by molar-refractivity contribution is 6.39. The summed E-state index contributed by atoms with van der Waals surface area (Å²) in [4.78, 5) is 33.5. The molecule has 0 radical (unpaired) electrons. The number of para-hydroxylation sites is 1. The molecule has 0 heterocycles. The van der Waals surface area contributed by atoms with Gasteiger partial charge in [-0.25, -0.2) is 5.43 Å². The number of phenolic OH excluding ortho intramolecular Hbond substituents is 1. The molecule has 0 aromatic heterocycles. The van der Waals surface area contributed by atoms with Gasteiger partial charge in [-0.3, -0.25) is 19.7 Å². The minimum atomic E-state index is -1.02. The van der Waals surface area contributed by atoms with Crippen molar-refractivity contribution in [1.82, 2.24) is 5.43 Å². The molecule has 0 saturated heterocycles. The quantitative estimate of drug-likeness (QED) is 0.336.